The number of carbonyl (C=O) groups excluding carboxylic acids is 2. The summed E-state index contributed by atoms with van der Waals surface area (Å²) in [5.74, 6) is 0.539. The molecule has 8 heteroatoms. The van der Waals surface area contributed by atoms with E-state index in [-0.39, 0.29) is 36.1 Å². The summed E-state index contributed by atoms with van der Waals surface area (Å²) in [7, 11) is 1.60. The molecule has 7 nitrogen and oxygen atoms in total. The second kappa shape index (κ2) is 8.69. The number of imidazole rings is 1. The van der Waals surface area contributed by atoms with Crippen molar-refractivity contribution in [1.82, 2.24) is 14.5 Å². The molecule has 5 rings (SSSR count). The molecule has 1 aromatic heterocycles. The Morgan fingerprint density at radius 1 is 1.09 bits per heavy atom. The van der Waals surface area contributed by atoms with E-state index < -0.39 is 0 Å². The Hall–Kier alpha value is -3.68. The van der Waals surface area contributed by atoms with Crippen LogP contribution in [0.15, 0.2) is 54.7 Å². The predicted octanol–water partition coefficient (Wildman–Crippen LogP) is 4.03. The number of methoxy groups -OCH3 is 1. The van der Waals surface area contributed by atoms with Crippen LogP contribution in [-0.4, -0.2) is 46.0 Å². The number of hydrogen-bond acceptors (Lipinski definition) is 4. The summed E-state index contributed by atoms with van der Waals surface area (Å²) in [5.41, 5.74) is 2.15. The van der Waals surface area contributed by atoms with Gasteiger partial charge in [-0.05, 0) is 74.2 Å². The molecule has 170 valence electrons. The molecular weight excluding hydrogens is 423 g/mol. The van der Waals surface area contributed by atoms with Crippen molar-refractivity contribution < 1.29 is 18.7 Å². The highest BCUT2D eigenvalue weighted by Gasteiger charge is 2.40. The Kier molecular flexibility index (Phi) is 5.58. The number of carbonyl (C=O) groups is 2. The number of hydrogen-bond donors (Lipinski definition) is 1. The van der Waals surface area contributed by atoms with Crippen LogP contribution in [0.4, 0.5) is 10.3 Å². The van der Waals surface area contributed by atoms with Gasteiger partial charge in [0.25, 0.3) is 0 Å². The number of rotatable bonds is 8. The Morgan fingerprint density at radius 3 is 2.39 bits per heavy atom. The lowest BCUT2D eigenvalue weighted by molar-refractivity contribution is -0.136. The maximum absolute atomic E-state index is 13.5. The molecule has 2 aromatic carbocycles. The van der Waals surface area contributed by atoms with E-state index in [1.165, 1.54) is 12.1 Å². The quantitative estimate of drug-likeness (QED) is 0.565. The molecule has 0 radical (unpaired) electrons. The van der Waals surface area contributed by atoms with Crippen molar-refractivity contribution in [1.29, 1.82) is 0 Å². The molecule has 2 saturated carbocycles. The smallest absolute Gasteiger partial charge is 0.246 e. The molecule has 0 aliphatic heterocycles. The van der Waals surface area contributed by atoms with Crippen LogP contribution in [0.5, 0.6) is 5.75 Å². The van der Waals surface area contributed by atoms with E-state index in [9.17, 15) is 14.0 Å². The summed E-state index contributed by atoms with van der Waals surface area (Å²) in [5, 5.41) is 2.86. The number of benzene rings is 2. The highest BCUT2D eigenvalue weighted by Crippen LogP contribution is 2.36. The summed E-state index contributed by atoms with van der Waals surface area (Å²) in [6.07, 6.45) is 5.49. The van der Waals surface area contributed by atoms with Crippen LogP contribution < -0.4 is 10.1 Å². The minimum absolute atomic E-state index is 0.00808. The largest absolute Gasteiger partial charge is 0.497 e. The monoisotopic (exact) mass is 448 g/mol. The van der Waals surface area contributed by atoms with Crippen LogP contribution >= 0.6 is 0 Å². The summed E-state index contributed by atoms with van der Waals surface area (Å²) in [6.45, 7) is 0.00808. The molecule has 1 heterocycles. The van der Waals surface area contributed by atoms with Gasteiger partial charge in [0.1, 0.15) is 18.1 Å². The third-order valence-electron chi connectivity index (χ3n) is 5.96. The summed E-state index contributed by atoms with van der Waals surface area (Å²) in [6, 6.07) is 13.6. The lowest BCUT2D eigenvalue weighted by atomic mass is 10.1. The van der Waals surface area contributed by atoms with E-state index in [0.717, 1.165) is 37.0 Å². The fourth-order valence-electron chi connectivity index (χ4n) is 3.82. The van der Waals surface area contributed by atoms with Gasteiger partial charge in [0, 0.05) is 29.4 Å². The number of nitrogens with one attached hydrogen (secondary N) is 1. The molecule has 0 saturated heterocycles. The van der Waals surface area contributed by atoms with Crippen LogP contribution in [0.2, 0.25) is 0 Å². The first-order valence-corrected chi connectivity index (χ1v) is 11.1. The first-order valence-electron chi connectivity index (χ1n) is 11.1. The molecule has 0 atom stereocenters. The van der Waals surface area contributed by atoms with Crippen molar-refractivity contribution in [2.24, 2.45) is 5.92 Å². The SMILES string of the molecule is COc1ccc(-c2cn(-c3ccc(F)cc3)c(NC(=O)CN(C(=O)C3CC3)C3CC3)n2)cc1. The van der Waals surface area contributed by atoms with E-state index in [0.29, 0.717) is 17.3 Å². The lowest BCUT2D eigenvalue weighted by Gasteiger charge is -2.21. The van der Waals surface area contributed by atoms with Crippen LogP contribution in [0, 0.1) is 11.7 Å². The first-order chi connectivity index (χ1) is 16.0. The Bertz CT molecular complexity index is 1170. The third kappa shape index (κ3) is 4.74. The van der Waals surface area contributed by atoms with Gasteiger partial charge in [0.15, 0.2) is 0 Å². The standard InChI is InChI=1S/C25H25FN4O3/c1-33-21-12-4-16(5-13-21)22-14-30(20-8-6-18(26)7-9-20)25(27-22)28-23(31)15-29(19-10-11-19)24(32)17-2-3-17/h4-9,12-14,17,19H,2-3,10-11,15H2,1H3,(H,27,28,31). The molecule has 2 aliphatic rings. The average Bonchev–Trinajstić information content (AvgIpc) is 3.75. The molecular formula is C25H25FN4O3. The van der Waals surface area contributed by atoms with Crippen LogP contribution in [0.3, 0.4) is 0 Å². The van der Waals surface area contributed by atoms with E-state index in [2.05, 4.69) is 10.3 Å². The molecule has 2 amide bonds. The van der Waals surface area contributed by atoms with Gasteiger partial charge in [-0.3, -0.25) is 19.5 Å². The normalized spacial score (nSPS) is 15.2. The van der Waals surface area contributed by atoms with Gasteiger partial charge in [-0.1, -0.05) is 0 Å². The van der Waals surface area contributed by atoms with E-state index in [1.54, 1.807) is 34.9 Å². The molecule has 1 N–H and O–H groups in total. The highest BCUT2D eigenvalue weighted by molar-refractivity contribution is 5.94. The molecule has 0 spiro atoms. The van der Waals surface area contributed by atoms with Crippen molar-refractivity contribution in [3.63, 3.8) is 0 Å². The second-order valence-corrected chi connectivity index (χ2v) is 8.54. The zero-order valence-electron chi connectivity index (χ0n) is 18.3. The Morgan fingerprint density at radius 2 is 1.79 bits per heavy atom. The van der Waals surface area contributed by atoms with E-state index >= 15 is 0 Å². The first kappa shape index (κ1) is 21.2. The van der Waals surface area contributed by atoms with Crippen LogP contribution in [-0.2, 0) is 9.59 Å². The van der Waals surface area contributed by atoms with Gasteiger partial charge >= 0.3 is 0 Å². The van der Waals surface area contributed by atoms with Gasteiger partial charge in [-0.25, -0.2) is 9.37 Å². The maximum atomic E-state index is 13.5. The molecule has 2 aliphatic carbocycles. The zero-order valence-corrected chi connectivity index (χ0v) is 18.3. The fourth-order valence-corrected chi connectivity index (χ4v) is 3.82. The highest BCUT2D eigenvalue weighted by atomic mass is 19.1. The predicted molar refractivity (Wildman–Crippen MR) is 122 cm³/mol. The topological polar surface area (TPSA) is 76.5 Å². The molecule has 2 fully saturated rings. The van der Waals surface area contributed by atoms with Crippen LogP contribution in [0.1, 0.15) is 25.7 Å². The number of anilines is 1. The Labute approximate surface area is 191 Å². The molecule has 33 heavy (non-hydrogen) atoms. The van der Waals surface area contributed by atoms with E-state index in [4.69, 9.17) is 4.74 Å². The second-order valence-electron chi connectivity index (χ2n) is 8.54. The van der Waals surface area contributed by atoms with Gasteiger partial charge < -0.3 is 9.64 Å². The van der Waals surface area contributed by atoms with Crippen molar-refractivity contribution in [2.45, 2.75) is 31.7 Å². The van der Waals surface area contributed by atoms with Gasteiger partial charge in [0.05, 0.1) is 12.8 Å². The van der Waals surface area contributed by atoms with Gasteiger partial charge in [0.2, 0.25) is 17.8 Å². The van der Waals surface area contributed by atoms with Crippen LogP contribution in [0.25, 0.3) is 16.9 Å². The van der Waals surface area contributed by atoms with E-state index in [1.807, 2.05) is 24.3 Å². The minimum atomic E-state index is -0.349. The summed E-state index contributed by atoms with van der Waals surface area (Å²) < 4.78 is 20.4. The Balaban J connectivity index is 1.41. The molecule has 3 aromatic rings. The molecule has 0 bridgehead atoms. The number of halogens is 1. The summed E-state index contributed by atoms with van der Waals surface area (Å²) >= 11 is 0. The van der Waals surface area contributed by atoms with Crippen molar-refractivity contribution in [3.05, 3.63) is 60.5 Å². The fraction of sp³-hybridized carbons (Fsp3) is 0.320. The van der Waals surface area contributed by atoms with Crippen molar-refractivity contribution in [3.8, 4) is 22.7 Å². The maximum Gasteiger partial charge on any atom is 0.246 e. The number of nitrogens with zero attached hydrogens (tertiary/aromatic N) is 3. The zero-order chi connectivity index (χ0) is 22.9. The third-order valence-corrected chi connectivity index (χ3v) is 5.96. The number of aromatic nitrogens is 2. The van der Waals surface area contributed by atoms with Crippen molar-refractivity contribution >= 4 is 17.8 Å². The minimum Gasteiger partial charge on any atom is -0.497 e. The molecule has 0 unspecified atom stereocenters. The average molecular weight is 448 g/mol. The van der Waals surface area contributed by atoms with Gasteiger partial charge in [-0.2, -0.15) is 0 Å². The van der Waals surface area contributed by atoms with Crippen molar-refractivity contribution in [2.75, 3.05) is 19.0 Å². The number of amides is 2. The van der Waals surface area contributed by atoms with Gasteiger partial charge in [-0.15, -0.1) is 0 Å². The summed E-state index contributed by atoms with van der Waals surface area (Å²) in [4.78, 5) is 31.9. The lowest BCUT2D eigenvalue weighted by Crippen LogP contribution is -2.40. The number of ether oxygens (including phenoxy) is 1.